The molecule has 1 aromatic carbocycles. The molecule has 1 unspecified atom stereocenters. The van der Waals surface area contributed by atoms with Gasteiger partial charge in [0.15, 0.2) is 0 Å². The number of rotatable bonds is 6. The zero-order valence-electron chi connectivity index (χ0n) is 11.5. The molecule has 2 rings (SSSR count). The number of hydrogen-bond donors (Lipinski definition) is 2. The van der Waals surface area contributed by atoms with Crippen molar-refractivity contribution in [3.8, 4) is 0 Å². The molecule has 0 heterocycles. The molecular formula is C15H18F3NO2. The van der Waals surface area contributed by atoms with Crippen molar-refractivity contribution in [1.82, 2.24) is 5.32 Å². The number of carbonyl (C=O) groups excluding carboxylic acids is 1. The Labute approximate surface area is 121 Å². The van der Waals surface area contributed by atoms with Crippen molar-refractivity contribution in [3.63, 3.8) is 0 Å². The number of benzene rings is 1. The molecule has 0 spiro atoms. The summed E-state index contributed by atoms with van der Waals surface area (Å²) in [6, 6.07) is 4.51. The largest absolute Gasteiger partial charge is 0.416 e. The molecule has 1 amide bonds. The van der Waals surface area contributed by atoms with Gasteiger partial charge in [-0.15, -0.1) is 0 Å². The van der Waals surface area contributed by atoms with Gasteiger partial charge in [-0.2, -0.15) is 13.2 Å². The molecule has 21 heavy (non-hydrogen) atoms. The number of nitrogens with one attached hydrogen (secondary N) is 1. The Morgan fingerprint density at radius 1 is 1.38 bits per heavy atom. The summed E-state index contributed by atoms with van der Waals surface area (Å²) in [5.74, 6) is 0.470. The van der Waals surface area contributed by atoms with Gasteiger partial charge in [0.2, 0.25) is 5.91 Å². The summed E-state index contributed by atoms with van der Waals surface area (Å²) in [6.07, 6.45) is -2.01. The lowest BCUT2D eigenvalue weighted by Gasteiger charge is -2.14. The molecule has 1 aliphatic carbocycles. The van der Waals surface area contributed by atoms with Crippen LogP contribution in [0.2, 0.25) is 0 Å². The van der Waals surface area contributed by atoms with Gasteiger partial charge in [0, 0.05) is 13.0 Å². The summed E-state index contributed by atoms with van der Waals surface area (Å²) in [4.78, 5) is 11.5. The summed E-state index contributed by atoms with van der Waals surface area (Å²) >= 11 is 0. The predicted molar refractivity (Wildman–Crippen MR) is 71.4 cm³/mol. The van der Waals surface area contributed by atoms with Crippen LogP contribution in [-0.2, 0) is 11.0 Å². The maximum absolute atomic E-state index is 12.6. The molecule has 1 atom stereocenters. The molecular weight excluding hydrogens is 283 g/mol. The third kappa shape index (κ3) is 5.04. The number of alkyl halides is 3. The highest BCUT2D eigenvalue weighted by Gasteiger charge is 2.30. The zero-order chi connectivity index (χ0) is 15.5. The highest BCUT2D eigenvalue weighted by atomic mass is 19.4. The van der Waals surface area contributed by atoms with Gasteiger partial charge in [0.25, 0.3) is 0 Å². The van der Waals surface area contributed by atoms with Crippen LogP contribution in [0.3, 0.4) is 0 Å². The lowest BCUT2D eigenvalue weighted by Crippen LogP contribution is -2.28. The third-order valence-electron chi connectivity index (χ3n) is 3.57. The lowest BCUT2D eigenvalue weighted by molar-refractivity contribution is -0.137. The monoisotopic (exact) mass is 301 g/mol. The van der Waals surface area contributed by atoms with Crippen molar-refractivity contribution in [2.24, 2.45) is 5.92 Å². The number of hydrogen-bond acceptors (Lipinski definition) is 2. The van der Waals surface area contributed by atoms with E-state index >= 15 is 0 Å². The fourth-order valence-corrected chi connectivity index (χ4v) is 2.08. The Kier molecular flexibility index (Phi) is 4.88. The second kappa shape index (κ2) is 6.47. The van der Waals surface area contributed by atoms with E-state index in [0.29, 0.717) is 12.3 Å². The molecule has 1 aromatic rings. The SMILES string of the molecule is O=C(CCC1CC1)NCC(O)c1cccc(C(F)(F)F)c1. The first kappa shape index (κ1) is 15.8. The Morgan fingerprint density at radius 2 is 2.10 bits per heavy atom. The number of amides is 1. The smallest absolute Gasteiger partial charge is 0.387 e. The number of halogens is 3. The van der Waals surface area contributed by atoms with Crippen LogP contribution in [0.1, 0.15) is 42.9 Å². The summed E-state index contributed by atoms with van der Waals surface area (Å²) in [7, 11) is 0. The van der Waals surface area contributed by atoms with Crippen molar-refractivity contribution in [2.45, 2.75) is 38.0 Å². The van der Waals surface area contributed by atoms with E-state index in [2.05, 4.69) is 5.32 Å². The molecule has 0 aromatic heterocycles. The van der Waals surface area contributed by atoms with E-state index in [1.165, 1.54) is 25.0 Å². The molecule has 0 bridgehead atoms. The highest BCUT2D eigenvalue weighted by molar-refractivity contribution is 5.75. The van der Waals surface area contributed by atoms with Gasteiger partial charge in [-0.05, 0) is 30.0 Å². The molecule has 1 fully saturated rings. The molecule has 0 saturated heterocycles. The van der Waals surface area contributed by atoms with Crippen LogP contribution in [0.25, 0.3) is 0 Å². The van der Waals surface area contributed by atoms with E-state index in [9.17, 15) is 23.1 Å². The molecule has 0 radical (unpaired) electrons. The highest BCUT2D eigenvalue weighted by Crippen LogP contribution is 2.33. The van der Waals surface area contributed by atoms with E-state index in [-0.39, 0.29) is 18.0 Å². The van der Waals surface area contributed by atoms with Crippen LogP contribution >= 0.6 is 0 Å². The molecule has 116 valence electrons. The first-order valence-corrected chi connectivity index (χ1v) is 6.98. The molecule has 3 nitrogen and oxygen atoms in total. The van der Waals surface area contributed by atoms with E-state index in [1.807, 2.05) is 0 Å². The third-order valence-corrected chi connectivity index (χ3v) is 3.57. The first-order valence-electron chi connectivity index (χ1n) is 6.98. The number of carbonyl (C=O) groups is 1. The van der Waals surface area contributed by atoms with Gasteiger partial charge < -0.3 is 10.4 Å². The van der Waals surface area contributed by atoms with Crippen LogP contribution in [0, 0.1) is 5.92 Å². The number of aliphatic hydroxyl groups excluding tert-OH is 1. The zero-order valence-corrected chi connectivity index (χ0v) is 11.5. The van der Waals surface area contributed by atoms with Crippen LogP contribution in [0.5, 0.6) is 0 Å². The van der Waals surface area contributed by atoms with Gasteiger partial charge in [-0.25, -0.2) is 0 Å². The van der Waals surface area contributed by atoms with Crippen LogP contribution in [0.15, 0.2) is 24.3 Å². The maximum Gasteiger partial charge on any atom is 0.416 e. The average molecular weight is 301 g/mol. The summed E-state index contributed by atoms with van der Waals surface area (Å²) in [5, 5.41) is 12.4. The van der Waals surface area contributed by atoms with Crippen molar-refractivity contribution in [1.29, 1.82) is 0 Å². The van der Waals surface area contributed by atoms with E-state index in [1.54, 1.807) is 0 Å². The minimum atomic E-state index is -4.44. The fourth-order valence-electron chi connectivity index (χ4n) is 2.08. The van der Waals surface area contributed by atoms with Crippen LogP contribution in [0.4, 0.5) is 13.2 Å². The standard InChI is InChI=1S/C15H18F3NO2/c16-15(17,18)12-3-1-2-11(8-12)13(20)9-19-14(21)7-6-10-4-5-10/h1-3,8,10,13,20H,4-7,9H2,(H,19,21). The molecule has 1 saturated carbocycles. The minimum absolute atomic E-state index is 0.0786. The second-order valence-corrected chi connectivity index (χ2v) is 5.43. The minimum Gasteiger partial charge on any atom is -0.387 e. The fraction of sp³-hybridized carbons (Fsp3) is 0.533. The normalized spacial score (nSPS) is 16.6. The molecule has 2 N–H and O–H groups in total. The van der Waals surface area contributed by atoms with Gasteiger partial charge in [-0.3, -0.25) is 4.79 Å². The van der Waals surface area contributed by atoms with Crippen molar-refractivity contribution in [2.75, 3.05) is 6.54 Å². The average Bonchev–Trinajstić information content (AvgIpc) is 3.26. The van der Waals surface area contributed by atoms with Gasteiger partial charge in [-0.1, -0.05) is 25.0 Å². The van der Waals surface area contributed by atoms with Gasteiger partial charge in [0.1, 0.15) is 0 Å². The second-order valence-electron chi connectivity index (χ2n) is 5.43. The topological polar surface area (TPSA) is 49.3 Å². The van der Waals surface area contributed by atoms with E-state index < -0.39 is 17.8 Å². The summed E-state index contributed by atoms with van der Waals surface area (Å²) in [5.41, 5.74) is -0.661. The molecule has 1 aliphatic rings. The lowest BCUT2D eigenvalue weighted by atomic mass is 10.1. The van der Waals surface area contributed by atoms with Crippen molar-refractivity contribution in [3.05, 3.63) is 35.4 Å². The molecule has 6 heteroatoms. The maximum atomic E-state index is 12.6. The van der Waals surface area contributed by atoms with Gasteiger partial charge >= 0.3 is 6.18 Å². The van der Waals surface area contributed by atoms with Crippen LogP contribution in [-0.4, -0.2) is 17.6 Å². The Balaban J connectivity index is 1.84. The van der Waals surface area contributed by atoms with Crippen molar-refractivity contribution >= 4 is 5.91 Å². The Hall–Kier alpha value is -1.56. The molecule has 0 aliphatic heterocycles. The summed E-state index contributed by atoms with van der Waals surface area (Å²) in [6.45, 7) is -0.0786. The first-order chi connectivity index (χ1) is 9.86. The summed E-state index contributed by atoms with van der Waals surface area (Å²) < 4.78 is 37.7. The van der Waals surface area contributed by atoms with E-state index in [4.69, 9.17) is 0 Å². The van der Waals surface area contributed by atoms with Gasteiger partial charge in [0.05, 0.1) is 11.7 Å². The Morgan fingerprint density at radius 3 is 2.71 bits per heavy atom. The number of aliphatic hydroxyl groups is 1. The van der Waals surface area contributed by atoms with Crippen LogP contribution < -0.4 is 5.32 Å². The quantitative estimate of drug-likeness (QED) is 0.848. The Bertz CT molecular complexity index is 498. The van der Waals surface area contributed by atoms with E-state index in [0.717, 1.165) is 18.6 Å². The predicted octanol–water partition coefficient (Wildman–Crippen LogP) is 3.05. The van der Waals surface area contributed by atoms with Crippen molar-refractivity contribution < 1.29 is 23.1 Å².